The van der Waals surface area contributed by atoms with Crippen molar-refractivity contribution in [2.75, 3.05) is 19.6 Å². The Labute approximate surface area is 124 Å². The molecule has 1 amide bonds. The number of hydrogen-bond acceptors (Lipinski definition) is 4. The van der Waals surface area contributed by atoms with Crippen molar-refractivity contribution in [1.82, 2.24) is 10.6 Å². The van der Waals surface area contributed by atoms with E-state index >= 15 is 0 Å². The Kier molecular flexibility index (Phi) is 8.51. The number of nitro benzene ring substituents is 1. The molecule has 1 rings (SSSR count). The average Bonchev–Trinajstić information content (AvgIpc) is 2.37. The van der Waals surface area contributed by atoms with E-state index in [1.807, 2.05) is 0 Å². The number of amides is 1. The van der Waals surface area contributed by atoms with Crippen LogP contribution in [-0.4, -0.2) is 30.5 Å². The zero-order chi connectivity index (χ0) is 14.3. The van der Waals surface area contributed by atoms with E-state index in [4.69, 9.17) is 0 Å². The van der Waals surface area contributed by atoms with E-state index in [1.165, 1.54) is 12.1 Å². The van der Waals surface area contributed by atoms with Gasteiger partial charge in [-0.3, -0.25) is 14.9 Å². The summed E-state index contributed by atoms with van der Waals surface area (Å²) in [7, 11) is 0. The lowest BCUT2D eigenvalue weighted by Crippen LogP contribution is -2.32. The summed E-state index contributed by atoms with van der Waals surface area (Å²) in [5.74, 6) is -0.287. The number of hydrogen-bond donors (Lipinski definition) is 2. The molecule has 20 heavy (non-hydrogen) atoms. The van der Waals surface area contributed by atoms with Gasteiger partial charge in [-0.1, -0.05) is 6.92 Å². The Balaban J connectivity index is 0.00000361. The molecule has 0 fully saturated rings. The van der Waals surface area contributed by atoms with E-state index in [0.717, 1.165) is 13.0 Å². The quantitative estimate of drug-likeness (QED) is 0.458. The fourth-order valence-electron chi connectivity index (χ4n) is 1.67. The third-order valence-electron chi connectivity index (χ3n) is 2.55. The summed E-state index contributed by atoms with van der Waals surface area (Å²) in [5.41, 5.74) is 0.958. The highest BCUT2D eigenvalue weighted by molar-refractivity contribution is 5.95. The molecule has 0 aliphatic rings. The first-order valence-corrected chi connectivity index (χ1v) is 6.29. The normalized spacial score (nSPS) is 9.70. The topological polar surface area (TPSA) is 84.3 Å². The lowest BCUT2D eigenvalue weighted by Gasteiger charge is -2.07. The van der Waals surface area contributed by atoms with Gasteiger partial charge in [0.2, 0.25) is 0 Å². The molecule has 2 N–H and O–H groups in total. The van der Waals surface area contributed by atoms with E-state index < -0.39 is 4.92 Å². The van der Waals surface area contributed by atoms with E-state index in [2.05, 4.69) is 17.6 Å². The number of nitro groups is 1. The minimum absolute atomic E-state index is 0. The van der Waals surface area contributed by atoms with Crippen LogP contribution in [0.25, 0.3) is 0 Å². The highest BCUT2D eigenvalue weighted by Crippen LogP contribution is 2.16. The molecule has 0 spiro atoms. The standard InChI is InChI=1S/C13H19N3O3.ClH/c1-3-4-14-5-6-15-13(17)11-7-10(2)8-12(9-11)16(18)19;/h7-9,14H,3-6H2,1-2H3,(H,15,17);1H. The van der Waals surface area contributed by atoms with Gasteiger partial charge in [-0.2, -0.15) is 0 Å². The van der Waals surface area contributed by atoms with Crippen LogP contribution >= 0.6 is 12.4 Å². The monoisotopic (exact) mass is 301 g/mol. The highest BCUT2D eigenvalue weighted by Gasteiger charge is 2.12. The van der Waals surface area contributed by atoms with Gasteiger partial charge >= 0.3 is 0 Å². The third-order valence-corrected chi connectivity index (χ3v) is 2.55. The van der Waals surface area contributed by atoms with Crippen LogP contribution in [0, 0.1) is 17.0 Å². The fourth-order valence-corrected chi connectivity index (χ4v) is 1.67. The van der Waals surface area contributed by atoms with Crippen molar-refractivity contribution in [3.63, 3.8) is 0 Å². The van der Waals surface area contributed by atoms with Gasteiger partial charge in [-0.05, 0) is 31.5 Å². The van der Waals surface area contributed by atoms with Crippen molar-refractivity contribution in [3.8, 4) is 0 Å². The minimum atomic E-state index is -0.493. The summed E-state index contributed by atoms with van der Waals surface area (Å²) in [6.07, 6.45) is 1.04. The number of nitrogens with zero attached hydrogens (tertiary/aromatic N) is 1. The van der Waals surface area contributed by atoms with Crippen LogP contribution in [0.1, 0.15) is 29.3 Å². The van der Waals surface area contributed by atoms with Gasteiger partial charge in [0.05, 0.1) is 4.92 Å². The van der Waals surface area contributed by atoms with Crippen LogP contribution in [-0.2, 0) is 0 Å². The van der Waals surface area contributed by atoms with Gasteiger partial charge in [0.15, 0.2) is 0 Å². The van der Waals surface area contributed by atoms with Crippen LogP contribution in [0.4, 0.5) is 5.69 Å². The number of non-ortho nitro benzene ring substituents is 1. The number of rotatable bonds is 7. The smallest absolute Gasteiger partial charge is 0.270 e. The van der Waals surface area contributed by atoms with Crippen LogP contribution in [0.15, 0.2) is 18.2 Å². The Morgan fingerprint density at radius 1 is 1.25 bits per heavy atom. The lowest BCUT2D eigenvalue weighted by molar-refractivity contribution is -0.384. The number of aryl methyl sites for hydroxylation is 1. The van der Waals surface area contributed by atoms with Gasteiger partial charge in [0.25, 0.3) is 11.6 Å². The summed E-state index contributed by atoms with van der Waals surface area (Å²) in [6, 6.07) is 4.38. The molecule has 0 aliphatic carbocycles. The molecule has 0 saturated heterocycles. The Morgan fingerprint density at radius 2 is 1.95 bits per heavy atom. The summed E-state index contributed by atoms with van der Waals surface area (Å²) in [4.78, 5) is 22.1. The highest BCUT2D eigenvalue weighted by atomic mass is 35.5. The molecule has 0 aliphatic heterocycles. The van der Waals surface area contributed by atoms with Gasteiger partial charge in [0, 0.05) is 30.8 Å². The molecule has 0 atom stereocenters. The molecule has 1 aromatic carbocycles. The van der Waals surface area contributed by atoms with E-state index in [-0.39, 0.29) is 24.0 Å². The van der Waals surface area contributed by atoms with Crippen LogP contribution < -0.4 is 10.6 Å². The van der Waals surface area contributed by atoms with Crippen molar-refractivity contribution in [3.05, 3.63) is 39.4 Å². The van der Waals surface area contributed by atoms with Crippen molar-refractivity contribution in [2.24, 2.45) is 0 Å². The van der Waals surface area contributed by atoms with Crippen LogP contribution in [0.2, 0.25) is 0 Å². The number of benzene rings is 1. The maximum atomic E-state index is 11.8. The maximum absolute atomic E-state index is 11.8. The average molecular weight is 302 g/mol. The molecular formula is C13H20ClN3O3. The first kappa shape index (κ1) is 18.3. The Bertz CT molecular complexity index is 466. The lowest BCUT2D eigenvalue weighted by atomic mass is 10.1. The maximum Gasteiger partial charge on any atom is 0.270 e. The predicted molar refractivity (Wildman–Crippen MR) is 80.6 cm³/mol. The first-order valence-electron chi connectivity index (χ1n) is 6.29. The summed E-state index contributed by atoms with van der Waals surface area (Å²) in [5, 5.41) is 16.6. The van der Waals surface area contributed by atoms with E-state index in [1.54, 1.807) is 13.0 Å². The molecule has 6 nitrogen and oxygen atoms in total. The van der Waals surface area contributed by atoms with Crippen molar-refractivity contribution < 1.29 is 9.72 Å². The van der Waals surface area contributed by atoms with Gasteiger partial charge in [-0.15, -0.1) is 12.4 Å². The largest absolute Gasteiger partial charge is 0.351 e. The fraction of sp³-hybridized carbons (Fsp3) is 0.462. The molecule has 1 aromatic rings. The second-order valence-corrected chi connectivity index (χ2v) is 4.32. The Morgan fingerprint density at radius 3 is 2.55 bits per heavy atom. The molecule has 0 radical (unpaired) electrons. The molecule has 0 heterocycles. The number of nitrogens with one attached hydrogen (secondary N) is 2. The van der Waals surface area contributed by atoms with E-state index in [0.29, 0.717) is 24.2 Å². The zero-order valence-corrected chi connectivity index (χ0v) is 12.5. The molecule has 0 bridgehead atoms. The number of carbonyl (C=O) groups is 1. The SMILES string of the molecule is CCCNCCNC(=O)c1cc(C)cc([N+](=O)[O-])c1.Cl. The minimum Gasteiger partial charge on any atom is -0.351 e. The predicted octanol–water partition coefficient (Wildman–Crippen LogP) is 2.05. The second kappa shape index (κ2) is 9.28. The van der Waals surface area contributed by atoms with Crippen molar-refractivity contribution >= 4 is 24.0 Å². The van der Waals surface area contributed by atoms with Gasteiger partial charge in [-0.25, -0.2) is 0 Å². The molecule has 0 unspecified atom stereocenters. The molecule has 0 saturated carbocycles. The third kappa shape index (κ3) is 5.99. The molecule has 0 aromatic heterocycles. The second-order valence-electron chi connectivity index (χ2n) is 4.32. The zero-order valence-electron chi connectivity index (χ0n) is 11.6. The van der Waals surface area contributed by atoms with Crippen LogP contribution in [0.5, 0.6) is 0 Å². The molecule has 112 valence electrons. The first-order chi connectivity index (χ1) is 9.04. The summed E-state index contributed by atoms with van der Waals surface area (Å²) >= 11 is 0. The molecule has 7 heteroatoms. The van der Waals surface area contributed by atoms with Crippen LogP contribution in [0.3, 0.4) is 0 Å². The van der Waals surface area contributed by atoms with Gasteiger partial charge < -0.3 is 10.6 Å². The van der Waals surface area contributed by atoms with E-state index in [9.17, 15) is 14.9 Å². The number of halogens is 1. The van der Waals surface area contributed by atoms with Crippen molar-refractivity contribution in [2.45, 2.75) is 20.3 Å². The Hall–Kier alpha value is -1.66. The van der Waals surface area contributed by atoms with Gasteiger partial charge in [0.1, 0.15) is 0 Å². The number of carbonyl (C=O) groups excluding carboxylic acids is 1. The summed E-state index contributed by atoms with van der Waals surface area (Å²) in [6.45, 7) is 5.89. The van der Waals surface area contributed by atoms with Crippen molar-refractivity contribution in [1.29, 1.82) is 0 Å². The summed E-state index contributed by atoms with van der Waals surface area (Å²) < 4.78 is 0. The molecular weight excluding hydrogens is 282 g/mol.